The molecule has 3 N–H and O–H groups in total. The average molecular weight is 339 g/mol. The lowest BCUT2D eigenvalue weighted by molar-refractivity contribution is -0.132. The van der Waals surface area contributed by atoms with Gasteiger partial charge in [0, 0.05) is 11.4 Å². The maximum absolute atomic E-state index is 12.2. The fourth-order valence-corrected chi connectivity index (χ4v) is 3.42. The van der Waals surface area contributed by atoms with Crippen molar-refractivity contribution in [3.05, 3.63) is 21.3 Å². The lowest BCUT2D eigenvalue weighted by Crippen LogP contribution is -2.37. The van der Waals surface area contributed by atoms with E-state index in [1.165, 1.54) is 11.3 Å². The van der Waals surface area contributed by atoms with Gasteiger partial charge in [-0.15, -0.1) is 23.7 Å². The van der Waals surface area contributed by atoms with Gasteiger partial charge in [-0.1, -0.05) is 18.5 Å². The molecule has 1 aromatic rings. The maximum Gasteiger partial charge on any atom is 0.249 e. The number of thiophene rings is 1. The second-order valence-corrected chi connectivity index (χ2v) is 6.42. The van der Waals surface area contributed by atoms with Gasteiger partial charge in [-0.25, -0.2) is 0 Å². The first-order chi connectivity index (χ1) is 9.13. The Balaban J connectivity index is 0.00000200. The van der Waals surface area contributed by atoms with E-state index in [0.717, 1.165) is 28.5 Å². The highest BCUT2D eigenvalue weighted by atomic mass is 35.5. The Labute approximate surface area is 134 Å². The van der Waals surface area contributed by atoms with Crippen molar-refractivity contribution in [2.24, 2.45) is 5.73 Å². The van der Waals surface area contributed by atoms with Crippen LogP contribution in [0, 0.1) is 0 Å². The molecule has 1 aliphatic heterocycles. The van der Waals surface area contributed by atoms with Gasteiger partial charge >= 0.3 is 0 Å². The fraction of sp³-hybridized carbons (Fsp3) is 0.615. The first-order valence-corrected chi connectivity index (χ1v) is 7.74. The van der Waals surface area contributed by atoms with Crippen LogP contribution in [0.2, 0.25) is 4.34 Å². The first-order valence-electron chi connectivity index (χ1n) is 6.55. The van der Waals surface area contributed by atoms with Crippen LogP contribution >= 0.6 is 35.3 Å². The Morgan fingerprint density at radius 3 is 2.85 bits per heavy atom. The van der Waals surface area contributed by atoms with Crippen LogP contribution in [0.1, 0.15) is 37.1 Å². The van der Waals surface area contributed by atoms with E-state index in [2.05, 4.69) is 5.32 Å². The number of hydrogen-bond acceptors (Lipinski definition) is 4. The van der Waals surface area contributed by atoms with Crippen LogP contribution in [0.3, 0.4) is 0 Å². The van der Waals surface area contributed by atoms with Crippen LogP contribution < -0.4 is 11.1 Å². The SMILES string of the molecule is CCC(NC(=O)[C@@H]1CC[C@H](CN)O1)c1ccc(Cl)s1.Cl. The van der Waals surface area contributed by atoms with Crippen LogP contribution in [0.25, 0.3) is 0 Å². The second kappa shape index (κ2) is 8.20. The third-order valence-corrected chi connectivity index (χ3v) is 4.67. The first kappa shape index (κ1) is 17.7. The smallest absolute Gasteiger partial charge is 0.249 e. The summed E-state index contributed by atoms with van der Waals surface area (Å²) in [6.07, 6.45) is 2.09. The van der Waals surface area contributed by atoms with Gasteiger partial charge in [0.1, 0.15) is 6.10 Å². The third-order valence-electron chi connectivity index (χ3n) is 3.33. The summed E-state index contributed by atoms with van der Waals surface area (Å²) in [5, 5.41) is 3.03. The number of carbonyl (C=O) groups is 1. The highest BCUT2D eigenvalue weighted by molar-refractivity contribution is 7.16. The number of amides is 1. The lowest BCUT2D eigenvalue weighted by Gasteiger charge is -2.18. The Hall–Kier alpha value is -0.330. The normalized spacial score (nSPS) is 23.1. The minimum Gasteiger partial charge on any atom is -0.364 e. The molecule has 1 fully saturated rings. The van der Waals surface area contributed by atoms with Crippen LogP contribution in [-0.2, 0) is 9.53 Å². The summed E-state index contributed by atoms with van der Waals surface area (Å²) in [6.45, 7) is 2.51. The number of hydrogen-bond donors (Lipinski definition) is 2. The van der Waals surface area contributed by atoms with Crippen molar-refractivity contribution in [2.75, 3.05) is 6.54 Å². The lowest BCUT2D eigenvalue weighted by atomic mass is 10.1. The molecule has 1 aliphatic rings. The minimum atomic E-state index is -0.363. The summed E-state index contributed by atoms with van der Waals surface area (Å²) >= 11 is 7.43. The number of nitrogens with one attached hydrogen (secondary N) is 1. The highest BCUT2D eigenvalue weighted by Crippen LogP contribution is 2.29. The molecule has 4 nitrogen and oxygen atoms in total. The zero-order chi connectivity index (χ0) is 13.8. The van der Waals surface area contributed by atoms with E-state index in [-0.39, 0.29) is 36.6 Å². The van der Waals surface area contributed by atoms with Gasteiger partial charge in [0.15, 0.2) is 0 Å². The quantitative estimate of drug-likeness (QED) is 0.867. The van der Waals surface area contributed by atoms with Gasteiger partial charge in [0.25, 0.3) is 0 Å². The molecule has 0 saturated carbocycles. The molecule has 0 bridgehead atoms. The van der Waals surface area contributed by atoms with E-state index in [9.17, 15) is 4.79 Å². The number of ether oxygens (including phenoxy) is 1. The van der Waals surface area contributed by atoms with Crippen molar-refractivity contribution in [3.63, 3.8) is 0 Å². The van der Waals surface area contributed by atoms with Crippen molar-refractivity contribution in [1.82, 2.24) is 5.32 Å². The van der Waals surface area contributed by atoms with E-state index in [1.54, 1.807) is 0 Å². The molecule has 1 aromatic heterocycles. The van der Waals surface area contributed by atoms with Crippen LogP contribution in [0.4, 0.5) is 0 Å². The molecular formula is C13H20Cl2N2O2S. The number of halogens is 2. The molecule has 1 unspecified atom stereocenters. The molecule has 3 atom stereocenters. The predicted molar refractivity (Wildman–Crippen MR) is 84.7 cm³/mol. The Morgan fingerprint density at radius 2 is 2.35 bits per heavy atom. The minimum absolute atomic E-state index is 0. The molecule has 0 aliphatic carbocycles. The molecular weight excluding hydrogens is 319 g/mol. The maximum atomic E-state index is 12.2. The Bertz CT molecular complexity index is 442. The molecule has 20 heavy (non-hydrogen) atoms. The average Bonchev–Trinajstić information content (AvgIpc) is 3.04. The van der Waals surface area contributed by atoms with Gasteiger partial charge in [-0.05, 0) is 31.4 Å². The van der Waals surface area contributed by atoms with E-state index >= 15 is 0 Å². The number of carbonyl (C=O) groups excluding carboxylic acids is 1. The molecule has 7 heteroatoms. The van der Waals surface area contributed by atoms with Crippen LogP contribution in [-0.4, -0.2) is 24.7 Å². The van der Waals surface area contributed by atoms with Crippen molar-refractivity contribution < 1.29 is 9.53 Å². The summed E-state index contributed by atoms with van der Waals surface area (Å²) in [7, 11) is 0. The summed E-state index contributed by atoms with van der Waals surface area (Å²) in [6, 6.07) is 3.82. The summed E-state index contributed by atoms with van der Waals surface area (Å²) in [5.41, 5.74) is 5.55. The van der Waals surface area contributed by atoms with E-state index in [0.29, 0.717) is 6.54 Å². The zero-order valence-electron chi connectivity index (χ0n) is 11.3. The standard InChI is InChI=1S/C13H19ClN2O2S.ClH/c1-2-9(11-5-6-12(14)19-11)16-13(17)10-4-3-8(7-15)18-10;/h5-6,8-10H,2-4,7,15H2,1H3,(H,16,17);1H/t8-,9?,10+;/m1./s1. The molecule has 1 saturated heterocycles. The molecule has 0 radical (unpaired) electrons. The molecule has 0 spiro atoms. The predicted octanol–water partition coefficient (Wildman–Crippen LogP) is 2.90. The van der Waals surface area contributed by atoms with E-state index in [1.807, 2.05) is 19.1 Å². The molecule has 1 amide bonds. The number of rotatable bonds is 5. The van der Waals surface area contributed by atoms with Gasteiger partial charge in [0.2, 0.25) is 5.91 Å². The van der Waals surface area contributed by atoms with Crippen LogP contribution in [0.5, 0.6) is 0 Å². The van der Waals surface area contributed by atoms with Crippen molar-refractivity contribution in [3.8, 4) is 0 Å². The highest BCUT2D eigenvalue weighted by Gasteiger charge is 2.31. The van der Waals surface area contributed by atoms with Gasteiger partial charge < -0.3 is 15.8 Å². The van der Waals surface area contributed by atoms with Crippen molar-refractivity contribution in [1.29, 1.82) is 0 Å². The molecule has 2 heterocycles. The van der Waals surface area contributed by atoms with Crippen molar-refractivity contribution >= 4 is 41.3 Å². The van der Waals surface area contributed by atoms with Crippen molar-refractivity contribution in [2.45, 2.75) is 44.4 Å². The van der Waals surface area contributed by atoms with Crippen LogP contribution in [0.15, 0.2) is 12.1 Å². The zero-order valence-corrected chi connectivity index (χ0v) is 13.7. The van der Waals surface area contributed by atoms with Gasteiger partial charge in [0.05, 0.1) is 16.5 Å². The summed E-state index contributed by atoms with van der Waals surface area (Å²) < 4.78 is 6.34. The third kappa shape index (κ3) is 4.33. The van der Waals surface area contributed by atoms with E-state index < -0.39 is 0 Å². The monoisotopic (exact) mass is 338 g/mol. The Morgan fingerprint density at radius 1 is 1.60 bits per heavy atom. The van der Waals surface area contributed by atoms with E-state index in [4.69, 9.17) is 22.1 Å². The second-order valence-electron chi connectivity index (χ2n) is 4.67. The largest absolute Gasteiger partial charge is 0.364 e. The molecule has 2 rings (SSSR count). The van der Waals surface area contributed by atoms with Gasteiger partial charge in [-0.2, -0.15) is 0 Å². The Kier molecular flexibility index (Phi) is 7.26. The van der Waals surface area contributed by atoms with Gasteiger partial charge in [-0.3, -0.25) is 4.79 Å². The fourth-order valence-electron chi connectivity index (χ4n) is 2.23. The topological polar surface area (TPSA) is 64.4 Å². The summed E-state index contributed by atoms with van der Waals surface area (Å²) in [5.74, 6) is -0.0488. The number of nitrogens with two attached hydrogens (primary N) is 1. The molecule has 0 aromatic carbocycles. The molecule has 114 valence electrons. The summed E-state index contributed by atoms with van der Waals surface area (Å²) in [4.78, 5) is 13.2.